The van der Waals surface area contributed by atoms with E-state index in [1.165, 1.54) is 6.92 Å². The predicted octanol–water partition coefficient (Wildman–Crippen LogP) is -5.58. The van der Waals surface area contributed by atoms with E-state index in [-0.39, 0.29) is 24.8 Å². The van der Waals surface area contributed by atoms with Gasteiger partial charge < -0.3 is 62.8 Å². The summed E-state index contributed by atoms with van der Waals surface area (Å²) in [6, 6.07) is -3.41. The average Bonchev–Trinajstić information content (AvgIpc) is 3.28. The molecule has 214 valence electrons. The zero-order valence-electron chi connectivity index (χ0n) is 20.8. The van der Waals surface area contributed by atoms with Crippen LogP contribution in [-0.4, -0.2) is 120 Å². The molecule has 0 radical (unpaired) electrons. The van der Waals surface area contributed by atoms with E-state index in [1.54, 1.807) is 0 Å². The van der Waals surface area contributed by atoms with Crippen molar-refractivity contribution in [2.24, 2.45) is 16.5 Å². The van der Waals surface area contributed by atoms with Gasteiger partial charge in [0, 0.05) is 25.9 Å². The van der Waals surface area contributed by atoms with E-state index in [2.05, 4.69) is 31.6 Å². The Morgan fingerprint density at radius 1 is 1.26 bits per heavy atom. The number of nitrogens with one attached hydrogen (secondary N) is 5. The Morgan fingerprint density at radius 2 is 2.00 bits per heavy atom. The Morgan fingerprint density at radius 3 is 2.63 bits per heavy atom. The molecule has 17 heteroatoms. The topological polar surface area (TPSA) is 272 Å². The summed E-state index contributed by atoms with van der Waals surface area (Å²) in [7, 11) is 0. The number of hydrogen-bond acceptors (Lipinski definition) is 13. The van der Waals surface area contributed by atoms with Gasteiger partial charge in [0.2, 0.25) is 17.7 Å². The van der Waals surface area contributed by atoms with Gasteiger partial charge in [-0.3, -0.25) is 14.4 Å². The molecule has 0 saturated carbocycles. The number of nitrogens with zero attached hydrogens (tertiary/aromatic N) is 1. The predicted molar refractivity (Wildman–Crippen MR) is 129 cm³/mol. The molecule has 0 aromatic heterocycles. The number of rotatable bonds is 10. The highest BCUT2D eigenvalue weighted by Gasteiger charge is 2.48. The van der Waals surface area contributed by atoms with Crippen LogP contribution in [0.3, 0.4) is 0 Å². The van der Waals surface area contributed by atoms with Gasteiger partial charge in [-0.2, -0.15) is 0 Å². The number of primary amides is 1. The molecule has 3 aliphatic heterocycles. The lowest BCUT2D eigenvalue weighted by Crippen LogP contribution is -2.69. The molecular weight excluding hydrogens is 508 g/mol. The number of carbonyl (C=O) groups excluding carboxylic acids is 4. The number of amides is 4. The number of β-amino-alcohol motifs (C(OH)–C–C–N with tert-alkyl or cyclic N) is 1. The second-order valence-corrected chi connectivity index (χ2v) is 9.38. The maximum absolute atomic E-state index is 12.9. The molecule has 0 aliphatic carbocycles. The number of fused-ring (bicyclic) bond motifs is 1. The molecule has 12 N–H and O–H groups in total. The number of nitrogens with two attached hydrogens (primary N) is 2. The molecule has 2 fully saturated rings. The molecule has 3 rings (SSSR count). The van der Waals surface area contributed by atoms with Crippen LogP contribution in [0, 0.1) is 0 Å². The Hall–Kier alpha value is -3.25. The van der Waals surface area contributed by atoms with Crippen molar-refractivity contribution >= 4 is 29.8 Å². The van der Waals surface area contributed by atoms with Crippen LogP contribution in [0.5, 0.6) is 0 Å². The summed E-state index contributed by atoms with van der Waals surface area (Å²) in [4.78, 5) is 51.9. The van der Waals surface area contributed by atoms with Gasteiger partial charge in [0.05, 0.1) is 12.1 Å². The minimum absolute atomic E-state index is 0.0332. The molecule has 0 bridgehead atoms. The largest absolute Gasteiger partial charge is 0.447 e. The molecule has 0 unspecified atom stereocenters. The summed E-state index contributed by atoms with van der Waals surface area (Å²) < 4.78 is 10.5. The summed E-state index contributed by atoms with van der Waals surface area (Å²) in [5.74, 6) is -1.25. The monoisotopic (exact) mass is 544 g/mol. The van der Waals surface area contributed by atoms with E-state index in [0.29, 0.717) is 19.4 Å². The fourth-order valence-corrected chi connectivity index (χ4v) is 4.57. The minimum Gasteiger partial charge on any atom is -0.447 e. The van der Waals surface area contributed by atoms with Crippen molar-refractivity contribution in [2.75, 3.05) is 19.7 Å². The lowest BCUT2D eigenvalue weighted by Gasteiger charge is -2.43. The summed E-state index contributed by atoms with van der Waals surface area (Å²) in [5, 5.41) is 45.2. The van der Waals surface area contributed by atoms with Gasteiger partial charge >= 0.3 is 6.09 Å². The highest BCUT2D eigenvalue weighted by atomic mass is 16.6. The first-order valence-electron chi connectivity index (χ1n) is 12.3. The van der Waals surface area contributed by atoms with Crippen molar-refractivity contribution in [3.8, 4) is 0 Å². The Kier molecular flexibility index (Phi) is 10.0. The number of ether oxygens (including phenoxy) is 2. The third-order valence-electron chi connectivity index (χ3n) is 6.42. The molecule has 17 nitrogen and oxygen atoms in total. The van der Waals surface area contributed by atoms with E-state index in [0.717, 1.165) is 0 Å². The zero-order valence-corrected chi connectivity index (χ0v) is 20.8. The maximum Gasteiger partial charge on any atom is 0.404 e. The number of aliphatic imine (C=N–C) groups is 1. The zero-order chi connectivity index (χ0) is 28.0. The van der Waals surface area contributed by atoms with Crippen LogP contribution < -0.4 is 38.1 Å². The fourth-order valence-electron chi connectivity index (χ4n) is 4.57. The number of piperidine rings is 1. The van der Waals surface area contributed by atoms with Gasteiger partial charge in [-0.25, -0.2) is 9.79 Å². The highest BCUT2D eigenvalue weighted by molar-refractivity contribution is 5.92. The van der Waals surface area contributed by atoms with Crippen LogP contribution in [-0.2, 0) is 23.9 Å². The van der Waals surface area contributed by atoms with Gasteiger partial charge in [-0.05, 0) is 19.4 Å². The van der Waals surface area contributed by atoms with Crippen LogP contribution in [0.1, 0.15) is 26.2 Å². The highest BCUT2D eigenvalue weighted by Crippen LogP contribution is 2.22. The van der Waals surface area contributed by atoms with Gasteiger partial charge in [0.25, 0.3) is 0 Å². The normalized spacial score (nSPS) is 33.1. The van der Waals surface area contributed by atoms with Crippen molar-refractivity contribution in [3.05, 3.63) is 0 Å². The summed E-state index contributed by atoms with van der Waals surface area (Å²) in [6.07, 6.45) is -6.86. The van der Waals surface area contributed by atoms with Crippen LogP contribution in [0.2, 0.25) is 0 Å². The molecule has 2 saturated heterocycles. The maximum atomic E-state index is 12.9. The van der Waals surface area contributed by atoms with E-state index >= 15 is 0 Å². The van der Waals surface area contributed by atoms with E-state index in [1.807, 2.05) is 0 Å². The Bertz CT molecular complexity index is 921. The lowest BCUT2D eigenvalue weighted by molar-refractivity contribution is -0.198. The first kappa shape index (κ1) is 29.3. The summed E-state index contributed by atoms with van der Waals surface area (Å²) in [6.45, 7) is 1.22. The van der Waals surface area contributed by atoms with Crippen molar-refractivity contribution in [1.82, 2.24) is 26.6 Å². The molecule has 3 aliphatic rings. The van der Waals surface area contributed by atoms with Crippen LogP contribution in [0.25, 0.3) is 0 Å². The number of hydrogen-bond donors (Lipinski definition) is 10. The second kappa shape index (κ2) is 13.0. The van der Waals surface area contributed by atoms with Crippen molar-refractivity contribution in [1.29, 1.82) is 0 Å². The number of aliphatic hydroxyl groups is 3. The molecule has 0 aromatic rings. The smallest absolute Gasteiger partial charge is 0.404 e. The lowest BCUT2D eigenvalue weighted by atomic mass is 9.95. The molecule has 0 aromatic carbocycles. The standard InChI is InChI=1S/C21H36N8O9/c1-8(30)25-9(3-2-4-22)5-12(32)26-15-17(34)16(33)11(7-37-20(23)36)38-19(15)29-21-27-13-10(31)6-24-18(35)14(13)28-21/h9-11,13-17,19,31,33-34H,2-7,22H2,1H3,(H2,23,36)(H,24,35)(H,25,30)(H,26,32)(H2,27,28,29)/t9-,10+,11+,13+,14-,15+,16-,17-,19+/m0/s1. The minimum atomic E-state index is -1.60. The van der Waals surface area contributed by atoms with E-state index in [9.17, 15) is 34.5 Å². The van der Waals surface area contributed by atoms with Gasteiger partial charge in [-0.1, -0.05) is 0 Å². The molecule has 4 amide bonds. The first-order chi connectivity index (χ1) is 18.0. The van der Waals surface area contributed by atoms with Crippen molar-refractivity contribution in [3.63, 3.8) is 0 Å². The SMILES string of the molecule is CC(=O)N[C@@H](CCCN)CC(=O)N[C@@H]1[C@H](O)[C@@H](O)[C@@H](COC(N)=O)O[C@H]1NC1=N[C@@H]2C(=O)NC[C@@H](O)[C@H]2N1. The third kappa shape index (κ3) is 7.41. The summed E-state index contributed by atoms with van der Waals surface area (Å²) >= 11 is 0. The number of guanidine groups is 1. The van der Waals surface area contributed by atoms with E-state index < -0.39 is 79.3 Å². The van der Waals surface area contributed by atoms with Gasteiger partial charge in [0.1, 0.15) is 31.0 Å². The Labute approximate surface area is 218 Å². The van der Waals surface area contributed by atoms with Crippen LogP contribution >= 0.6 is 0 Å². The molecule has 0 spiro atoms. The van der Waals surface area contributed by atoms with Crippen molar-refractivity contribution in [2.45, 2.75) is 81.0 Å². The third-order valence-corrected chi connectivity index (χ3v) is 6.42. The number of aliphatic hydroxyl groups excluding tert-OH is 3. The molecule has 38 heavy (non-hydrogen) atoms. The van der Waals surface area contributed by atoms with Gasteiger partial charge in [-0.15, -0.1) is 0 Å². The molecule has 3 heterocycles. The fraction of sp³-hybridized carbons (Fsp3) is 0.762. The van der Waals surface area contributed by atoms with E-state index in [4.69, 9.17) is 20.9 Å². The van der Waals surface area contributed by atoms with Crippen molar-refractivity contribution < 1.29 is 44.0 Å². The molecule has 9 atom stereocenters. The average molecular weight is 545 g/mol. The second-order valence-electron chi connectivity index (χ2n) is 9.38. The first-order valence-corrected chi connectivity index (χ1v) is 12.3. The summed E-state index contributed by atoms with van der Waals surface area (Å²) in [5.41, 5.74) is 10.5. The van der Waals surface area contributed by atoms with Gasteiger partial charge in [0.15, 0.2) is 18.2 Å². The van der Waals surface area contributed by atoms with Crippen LogP contribution in [0.15, 0.2) is 4.99 Å². The van der Waals surface area contributed by atoms with Crippen LogP contribution in [0.4, 0.5) is 4.79 Å². The molecular formula is C21H36N8O9. The quantitative estimate of drug-likeness (QED) is 0.123. The Balaban J connectivity index is 1.76. The number of carbonyl (C=O) groups is 4.